The molecule has 1 unspecified atom stereocenters. The Hall–Kier alpha value is -0.610. The highest BCUT2D eigenvalue weighted by Gasteiger charge is 2.13. The van der Waals surface area contributed by atoms with Crippen molar-refractivity contribution in [1.29, 1.82) is 0 Å². The van der Waals surface area contributed by atoms with Gasteiger partial charge in [0.25, 0.3) is 0 Å². The monoisotopic (exact) mass is 300 g/mol. The Morgan fingerprint density at radius 3 is 2.69 bits per heavy atom. The number of nitrogens with two attached hydrogens (primary N) is 1. The molecule has 4 heteroatoms. The zero-order chi connectivity index (χ0) is 12.3. The number of halogens is 1. The maximum absolute atomic E-state index is 5.73. The summed E-state index contributed by atoms with van der Waals surface area (Å²) in [6.07, 6.45) is 1.08. The van der Waals surface area contributed by atoms with Gasteiger partial charge in [-0.2, -0.15) is 0 Å². The SMILES string of the molecule is CCC(C)N(C)c1cc(Br)ccc1C(N)=S. The van der Waals surface area contributed by atoms with E-state index in [1.54, 1.807) is 0 Å². The molecule has 1 atom stereocenters. The normalized spacial score (nSPS) is 12.2. The van der Waals surface area contributed by atoms with Crippen LogP contribution in [0.15, 0.2) is 22.7 Å². The smallest absolute Gasteiger partial charge is 0.106 e. The lowest BCUT2D eigenvalue weighted by molar-refractivity contribution is 0.663. The molecule has 0 aromatic heterocycles. The van der Waals surface area contributed by atoms with Crippen LogP contribution in [-0.4, -0.2) is 18.1 Å². The fourth-order valence-corrected chi connectivity index (χ4v) is 2.04. The Morgan fingerprint density at radius 1 is 1.56 bits per heavy atom. The second kappa shape index (κ2) is 5.64. The van der Waals surface area contributed by atoms with Crippen LogP contribution in [-0.2, 0) is 0 Å². The summed E-state index contributed by atoms with van der Waals surface area (Å²) < 4.78 is 1.04. The van der Waals surface area contributed by atoms with Gasteiger partial charge < -0.3 is 10.6 Å². The summed E-state index contributed by atoms with van der Waals surface area (Å²) in [5, 5.41) is 0. The number of hydrogen-bond acceptors (Lipinski definition) is 2. The van der Waals surface area contributed by atoms with E-state index in [1.807, 2.05) is 12.1 Å². The van der Waals surface area contributed by atoms with E-state index in [9.17, 15) is 0 Å². The van der Waals surface area contributed by atoms with E-state index in [-0.39, 0.29) is 0 Å². The van der Waals surface area contributed by atoms with E-state index in [0.29, 0.717) is 11.0 Å². The molecule has 2 N–H and O–H groups in total. The Morgan fingerprint density at radius 2 is 2.19 bits per heavy atom. The molecule has 0 heterocycles. The standard InChI is InChI=1S/C12H17BrN2S/c1-4-8(2)15(3)11-7-9(13)5-6-10(11)12(14)16/h5-8H,4H2,1-3H3,(H2,14,16). The molecule has 0 saturated carbocycles. The summed E-state index contributed by atoms with van der Waals surface area (Å²) in [7, 11) is 2.07. The van der Waals surface area contributed by atoms with Crippen LogP contribution >= 0.6 is 28.1 Å². The van der Waals surface area contributed by atoms with Crippen LogP contribution in [0, 0.1) is 0 Å². The number of rotatable bonds is 4. The Kier molecular flexibility index (Phi) is 4.74. The van der Waals surface area contributed by atoms with Crippen molar-refractivity contribution in [1.82, 2.24) is 0 Å². The van der Waals surface area contributed by atoms with Crippen LogP contribution in [0.1, 0.15) is 25.8 Å². The highest BCUT2D eigenvalue weighted by Crippen LogP contribution is 2.26. The highest BCUT2D eigenvalue weighted by molar-refractivity contribution is 9.10. The molecule has 88 valence electrons. The molecule has 0 bridgehead atoms. The third-order valence-corrected chi connectivity index (χ3v) is 3.57. The zero-order valence-electron chi connectivity index (χ0n) is 9.83. The number of anilines is 1. The second-order valence-electron chi connectivity index (χ2n) is 3.89. The third-order valence-electron chi connectivity index (χ3n) is 2.86. The molecule has 0 saturated heterocycles. The molecule has 0 aliphatic carbocycles. The van der Waals surface area contributed by atoms with E-state index in [0.717, 1.165) is 22.1 Å². The minimum Gasteiger partial charge on any atom is -0.389 e. The zero-order valence-corrected chi connectivity index (χ0v) is 12.2. The number of benzene rings is 1. The first kappa shape index (κ1) is 13.5. The van der Waals surface area contributed by atoms with Crippen molar-refractivity contribution in [2.75, 3.05) is 11.9 Å². The van der Waals surface area contributed by atoms with Gasteiger partial charge in [-0.15, -0.1) is 0 Å². The predicted molar refractivity (Wildman–Crippen MR) is 78.2 cm³/mol. The molecule has 0 radical (unpaired) electrons. The second-order valence-corrected chi connectivity index (χ2v) is 5.25. The Balaban J connectivity index is 3.19. The number of hydrogen-bond donors (Lipinski definition) is 1. The van der Waals surface area contributed by atoms with Crippen molar-refractivity contribution in [2.45, 2.75) is 26.3 Å². The van der Waals surface area contributed by atoms with Gasteiger partial charge >= 0.3 is 0 Å². The highest BCUT2D eigenvalue weighted by atomic mass is 79.9. The third kappa shape index (κ3) is 2.95. The van der Waals surface area contributed by atoms with Crippen molar-refractivity contribution in [3.63, 3.8) is 0 Å². The predicted octanol–water partition coefficient (Wildman–Crippen LogP) is 3.32. The van der Waals surface area contributed by atoms with Gasteiger partial charge in [0.2, 0.25) is 0 Å². The van der Waals surface area contributed by atoms with Gasteiger partial charge in [-0.25, -0.2) is 0 Å². The van der Waals surface area contributed by atoms with Crippen LogP contribution < -0.4 is 10.6 Å². The fraction of sp³-hybridized carbons (Fsp3) is 0.417. The molecule has 1 aromatic carbocycles. The molecular weight excluding hydrogens is 284 g/mol. The van der Waals surface area contributed by atoms with Gasteiger partial charge in [0, 0.05) is 28.8 Å². The molecule has 0 aliphatic heterocycles. The average molecular weight is 301 g/mol. The van der Waals surface area contributed by atoms with Crippen LogP contribution in [0.2, 0.25) is 0 Å². The summed E-state index contributed by atoms with van der Waals surface area (Å²) in [5.74, 6) is 0. The van der Waals surface area contributed by atoms with Crippen molar-refractivity contribution < 1.29 is 0 Å². The lowest BCUT2D eigenvalue weighted by atomic mass is 10.1. The molecular formula is C12H17BrN2S. The summed E-state index contributed by atoms with van der Waals surface area (Å²) in [6, 6.07) is 6.44. The van der Waals surface area contributed by atoms with E-state index in [2.05, 4.69) is 47.8 Å². The largest absolute Gasteiger partial charge is 0.389 e. The van der Waals surface area contributed by atoms with Crippen molar-refractivity contribution in [3.05, 3.63) is 28.2 Å². The lowest BCUT2D eigenvalue weighted by Crippen LogP contribution is -2.30. The van der Waals surface area contributed by atoms with Crippen molar-refractivity contribution >= 4 is 38.8 Å². The first-order chi connectivity index (χ1) is 7.47. The summed E-state index contributed by atoms with van der Waals surface area (Å²) in [4.78, 5) is 2.65. The van der Waals surface area contributed by atoms with Crippen molar-refractivity contribution in [3.8, 4) is 0 Å². The molecule has 2 nitrogen and oxygen atoms in total. The quantitative estimate of drug-likeness (QED) is 0.865. The molecule has 0 spiro atoms. The van der Waals surface area contributed by atoms with Crippen molar-refractivity contribution in [2.24, 2.45) is 5.73 Å². The van der Waals surface area contributed by atoms with E-state index in [4.69, 9.17) is 18.0 Å². The first-order valence-corrected chi connectivity index (χ1v) is 6.49. The van der Waals surface area contributed by atoms with E-state index >= 15 is 0 Å². The Labute approximate surface area is 111 Å². The first-order valence-electron chi connectivity index (χ1n) is 5.29. The van der Waals surface area contributed by atoms with Crippen LogP contribution in [0.25, 0.3) is 0 Å². The van der Waals surface area contributed by atoms with Gasteiger partial charge in [-0.3, -0.25) is 0 Å². The van der Waals surface area contributed by atoms with Crippen LogP contribution in [0.4, 0.5) is 5.69 Å². The van der Waals surface area contributed by atoms with Gasteiger partial charge in [0.1, 0.15) is 4.99 Å². The molecule has 16 heavy (non-hydrogen) atoms. The Bertz CT molecular complexity index is 393. The molecule has 1 aromatic rings. The average Bonchev–Trinajstić information content (AvgIpc) is 2.26. The number of nitrogens with zero attached hydrogens (tertiary/aromatic N) is 1. The van der Waals surface area contributed by atoms with E-state index in [1.165, 1.54) is 0 Å². The topological polar surface area (TPSA) is 29.3 Å². The molecule has 0 amide bonds. The molecule has 0 aliphatic rings. The van der Waals surface area contributed by atoms with Crippen LogP contribution in [0.5, 0.6) is 0 Å². The van der Waals surface area contributed by atoms with E-state index < -0.39 is 0 Å². The van der Waals surface area contributed by atoms with Gasteiger partial charge in [0.05, 0.1) is 0 Å². The summed E-state index contributed by atoms with van der Waals surface area (Å²) >= 11 is 8.54. The van der Waals surface area contributed by atoms with Gasteiger partial charge in [-0.05, 0) is 31.5 Å². The lowest BCUT2D eigenvalue weighted by Gasteiger charge is -2.28. The minimum atomic E-state index is 0.442. The summed E-state index contributed by atoms with van der Waals surface area (Å²) in [5.41, 5.74) is 7.74. The fourth-order valence-electron chi connectivity index (χ4n) is 1.52. The number of thiocarbonyl (C=S) groups is 1. The van der Waals surface area contributed by atoms with Gasteiger partial charge in [-0.1, -0.05) is 35.1 Å². The minimum absolute atomic E-state index is 0.442. The maximum Gasteiger partial charge on any atom is 0.106 e. The van der Waals surface area contributed by atoms with Crippen LogP contribution in [0.3, 0.4) is 0 Å². The molecule has 1 rings (SSSR count). The molecule has 0 fully saturated rings. The summed E-state index contributed by atoms with van der Waals surface area (Å²) in [6.45, 7) is 4.35. The van der Waals surface area contributed by atoms with Gasteiger partial charge in [0.15, 0.2) is 0 Å². The maximum atomic E-state index is 5.73.